The summed E-state index contributed by atoms with van der Waals surface area (Å²) < 4.78 is 85.5. The van der Waals surface area contributed by atoms with Gasteiger partial charge in [0.1, 0.15) is 0 Å². The van der Waals surface area contributed by atoms with Crippen molar-refractivity contribution in [2.24, 2.45) is 0 Å². The number of halogens is 6. The Balaban J connectivity index is 1.38. The molecule has 0 bridgehead atoms. The van der Waals surface area contributed by atoms with Gasteiger partial charge in [-0.15, -0.1) is 0 Å². The average Bonchev–Trinajstić information content (AvgIpc) is 3.32. The lowest BCUT2D eigenvalue weighted by molar-refractivity contribution is -0.308. The van der Waals surface area contributed by atoms with Gasteiger partial charge < -0.3 is 14.4 Å². The molecule has 32 heavy (non-hydrogen) atoms. The van der Waals surface area contributed by atoms with Gasteiger partial charge in [-0.25, -0.2) is 4.79 Å². The lowest BCUT2D eigenvalue weighted by Gasteiger charge is -2.45. The van der Waals surface area contributed by atoms with Gasteiger partial charge >= 0.3 is 18.4 Å². The quantitative estimate of drug-likeness (QED) is 0.602. The molecule has 0 saturated carbocycles. The van der Waals surface area contributed by atoms with Crippen LogP contribution >= 0.6 is 0 Å². The van der Waals surface area contributed by atoms with Crippen molar-refractivity contribution in [3.63, 3.8) is 0 Å². The summed E-state index contributed by atoms with van der Waals surface area (Å²) in [6.45, 7) is 2.84. The van der Waals surface area contributed by atoms with E-state index in [1.807, 2.05) is 0 Å². The molecule has 2 saturated heterocycles. The van der Waals surface area contributed by atoms with E-state index in [0.29, 0.717) is 32.6 Å². The molecule has 0 N–H and O–H groups in total. The van der Waals surface area contributed by atoms with Gasteiger partial charge in [0.15, 0.2) is 0 Å². The van der Waals surface area contributed by atoms with Crippen molar-refractivity contribution >= 4 is 6.09 Å². The Morgan fingerprint density at radius 3 is 2.31 bits per heavy atom. The molecule has 1 aromatic rings. The number of amides is 1. The molecule has 0 atom stereocenters. The van der Waals surface area contributed by atoms with Gasteiger partial charge in [0, 0.05) is 25.2 Å². The summed E-state index contributed by atoms with van der Waals surface area (Å²) in [5.41, 5.74) is 3.25. The minimum absolute atomic E-state index is 0.0514. The van der Waals surface area contributed by atoms with Crippen LogP contribution in [-0.2, 0) is 29.2 Å². The maximum absolute atomic E-state index is 12.7. The van der Waals surface area contributed by atoms with Crippen molar-refractivity contribution in [3.8, 4) is 0 Å². The third-order valence-electron chi connectivity index (χ3n) is 6.67. The highest BCUT2D eigenvalue weighted by atomic mass is 19.4. The zero-order valence-corrected chi connectivity index (χ0v) is 17.3. The molecule has 0 unspecified atom stereocenters. The summed E-state index contributed by atoms with van der Waals surface area (Å²) in [6, 6.07) is 6.23. The molecule has 4 rings (SSSR count). The standard InChI is InChI=1S/C21H24F6N2O3/c22-20(23,24)17(21(25,26)27)32-18(30)28-8-5-19(6-9-28)4-1-7-29(19)11-14-2-3-15-12-31-13-16(15)10-14/h2-3,10,17H,1,4-9,11-13H2. The van der Waals surface area contributed by atoms with Crippen LogP contribution < -0.4 is 0 Å². The maximum Gasteiger partial charge on any atom is 0.434 e. The number of ether oxygens (including phenoxy) is 2. The summed E-state index contributed by atoms with van der Waals surface area (Å²) >= 11 is 0. The van der Waals surface area contributed by atoms with Gasteiger partial charge in [0.2, 0.25) is 0 Å². The van der Waals surface area contributed by atoms with Crippen molar-refractivity contribution in [2.75, 3.05) is 19.6 Å². The summed E-state index contributed by atoms with van der Waals surface area (Å²) in [5.74, 6) is 0. The molecule has 11 heteroatoms. The summed E-state index contributed by atoms with van der Waals surface area (Å²) in [6.07, 6.45) is -14.4. The number of likely N-dealkylation sites (tertiary alicyclic amines) is 2. The van der Waals surface area contributed by atoms with Crippen LogP contribution in [0.3, 0.4) is 0 Å². The number of alkyl halides is 6. The number of piperidine rings is 1. The lowest BCUT2D eigenvalue weighted by Crippen LogP contribution is -2.54. The number of fused-ring (bicyclic) bond motifs is 1. The lowest BCUT2D eigenvalue weighted by atomic mass is 9.84. The van der Waals surface area contributed by atoms with Crippen LogP contribution in [0.2, 0.25) is 0 Å². The van der Waals surface area contributed by atoms with Crippen molar-refractivity contribution in [1.82, 2.24) is 9.80 Å². The number of hydrogen-bond donors (Lipinski definition) is 0. The minimum Gasteiger partial charge on any atom is -0.426 e. The Bertz CT molecular complexity index is 835. The first-order valence-corrected chi connectivity index (χ1v) is 10.5. The number of carbonyl (C=O) groups excluding carboxylic acids is 1. The second-order valence-corrected chi connectivity index (χ2v) is 8.68. The number of carbonyl (C=O) groups is 1. The number of benzene rings is 1. The van der Waals surface area contributed by atoms with E-state index >= 15 is 0 Å². The third-order valence-corrected chi connectivity index (χ3v) is 6.67. The zero-order chi connectivity index (χ0) is 23.1. The molecule has 178 valence electrons. The van der Waals surface area contributed by atoms with Gasteiger partial charge in [-0.1, -0.05) is 18.2 Å². The van der Waals surface area contributed by atoms with E-state index in [9.17, 15) is 31.1 Å². The fourth-order valence-electron chi connectivity index (χ4n) is 4.95. The summed E-state index contributed by atoms with van der Waals surface area (Å²) in [7, 11) is 0. The Morgan fingerprint density at radius 2 is 1.66 bits per heavy atom. The number of hydrogen-bond acceptors (Lipinski definition) is 4. The van der Waals surface area contributed by atoms with Crippen molar-refractivity contribution in [3.05, 3.63) is 34.9 Å². The average molecular weight is 466 g/mol. The van der Waals surface area contributed by atoms with E-state index in [-0.39, 0.29) is 18.6 Å². The van der Waals surface area contributed by atoms with Gasteiger partial charge in [-0.2, -0.15) is 26.3 Å². The molecule has 3 aliphatic rings. The Kier molecular flexibility index (Phi) is 6.08. The van der Waals surface area contributed by atoms with E-state index < -0.39 is 24.5 Å². The Hall–Kier alpha value is -2.01. The number of rotatable bonds is 3. The fraction of sp³-hybridized carbons (Fsp3) is 0.667. The van der Waals surface area contributed by atoms with Crippen LogP contribution in [0.15, 0.2) is 18.2 Å². The van der Waals surface area contributed by atoms with E-state index in [1.54, 1.807) is 0 Å². The molecule has 0 aromatic heterocycles. The first-order valence-electron chi connectivity index (χ1n) is 10.5. The van der Waals surface area contributed by atoms with Crippen molar-refractivity contribution < 1.29 is 40.6 Å². The summed E-state index contributed by atoms with van der Waals surface area (Å²) in [4.78, 5) is 15.3. The smallest absolute Gasteiger partial charge is 0.426 e. The highest BCUT2D eigenvalue weighted by Gasteiger charge is 2.60. The van der Waals surface area contributed by atoms with E-state index in [1.165, 1.54) is 5.56 Å². The molecule has 0 radical (unpaired) electrons. The minimum atomic E-state index is -5.71. The summed E-state index contributed by atoms with van der Waals surface area (Å²) in [5, 5.41) is 0. The predicted octanol–water partition coefficient (Wildman–Crippen LogP) is 4.78. The molecular weight excluding hydrogens is 442 g/mol. The molecule has 1 aromatic carbocycles. The highest BCUT2D eigenvalue weighted by molar-refractivity contribution is 5.68. The number of nitrogens with zero attached hydrogens (tertiary/aromatic N) is 2. The SMILES string of the molecule is O=C(OC(C(F)(F)F)C(F)(F)F)N1CCC2(CCCN2Cc2ccc3c(c2)COC3)CC1. The zero-order valence-electron chi connectivity index (χ0n) is 17.3. The molecule has 1 spiro atoms. The van der Waals surface area contributed by atoms with Crippen molar-refractivity contribution in [1.29, 1.82) is 0 Å². The molecule has 0 aliphatic carbocycles. The van der Waals surface area contributed by atoms with Crippen LogP contribution in [-0.4, -0.2) is 59.5 Å². The Labute approximate surface area is 181 Å². The van der Waals surface area contributed by atoms with Gasteiger partial charge in [0.05, 0.1) is 13.2 Å². The first-order chi connectivity index (χ1) is 15.0. The van der Waals surface area contributed by atoms with Gasteiger partial charge in [0.25, 0.3) is 6.10 Å². The molecule has 3 heterocycles. The van der Waals surface area contributed by atoms with Gasteiger partial charge in [-0.3, -0.25) is 4.90 Å². The largest absolute Gasteiger partial charge is 0.434 e. The molecule has 2 fully saturated rings. The highest BCUT2D eigenvalue weighted by Crippen LogP contribution is 2.41. The van der Waals surface area contributed by atoms with Crippen molar-refractivity contribution in [2.45, 2.75) is 69.4 Å². The van der Waals surface area contributed by atoms with Crippen LogP contribution in [0.25, 0.3) is 0 Å². The van der Waals surface area contributed by atoms with Crippen LogP contribution in [0, 0.1) is 0 Å². The molecule has 3 aliphatic heterocycles. The van der Waals surface area contributed by atoms with E-state index in [2.05, 4.69) is 27.8 Å². The van der Waals surface area contributed by atoms with Crippen LogP contribution in [0.1, 0.15) is 42.4 Å². The second-order valence-electron chi connectivity index (χ2n) is 8.68. The van der Waals surface area contributed by atoms with E-state index in [4.69, 9.17) is 4.74 Å². The predicted molar refractivity (Wildman–Crippen MR) is 100 cm³/mol. The molecule has 1 amide bonds. The van der Waals surface area contributed by atoms with E-state index in [0.717, 1.165) is 35.4 Å². The normalized spacial score (nSPS) is 21.4. The Morgan fingerprint density at radius 1 is 1.00 bits per heavy atom. The fourth-order valence-corrected chi connectivity index (χ4v) is 4.95. The third kappa shape index (κ3) is 4.68. The monoisotopic (exact) mass is 466 g/mol. The molecule has 5 nitrogen and oxygen atoms in total. The van der Waals surface area contributed by atoms with Gasteiger partial charge in [-0.05, 0) is 48.9 Å². The van der Waals surface area contributed by atoms with Crippen LogP contribution in [0.5, 0.6) is 0 Å². The topological polar surface area (TPSA) is 42.0 Å². The second kappa shape index (κ2) is 8.40. The molecular formula is C21H24F6N2O3. The van der Waals surface area contributed by atoms with Crippen LogP contribution in [0.4, 0.5) is 31.1 Å². The first kappa shape index (κ1) is 23.2. The maximum atomic E-state index is 12.7.